The van der Waals surface area contributed by atoms with Crippen LogP contribution in [0.5, 0.6) is 5.75 Å². The predicted molar refractivity (Wildman–Crippen MR) is 113 cm³/mol. The molecule has 0 radical (unpaired) electrons. The molecule has 7 nitrogen and oxygen atoms in total. The summed E-state index contributed by atoms with van der Waals surface area (Å²) < 4.78 is 8.32. The van der Waals surface area contributed by atoms with Gasteiger partial charge in [-0.15, -0.1) is 10.2 Å². The van der Waals surface area contributed by atoms with Crippen LogP contribution in [0.25, 0.3) is 10.8 Å². The zero-order valence-corrected chi connectivity index (χ0v) is 17.1. The maximum absolute atomic E-state index is 12.8. The molecule has 2 aliphatic rings. The lowest BCUT2D eigenvalue weighted by Gasteiger charge is -2.29. The molecule has 3 aromatic rings. The van der Waals surface area contributed by atoms with E-state index in [0.717, 1.165) is 73.8 Å². The molecule has 0 spiro atoms. The van der Waals surface area contributed by atoms with Gasteiger partial charge < -0.3 is 14.6 Å². The topological polar surface area (TPSA) is 81.9 Å². The number of nitrogens with zero attached hydrogens (tertiary/aromatic N) is 4. The van der Waals surface area contributed by atoms with E-state index in [0.29, 0.717) is 5.82 Å². The highest BCUT2D eigenvalue weighted by Crippen LogP contribution is 2.29. The van der Waals surface area contributed by atoms with E-state index >= 15 is 0 Å². The summed E-state index contributed by atoms with van der Waals surface area (Å²) in [7, 11) is 0. The van der Waals surface area contributed by atoms with Crippen LogP contribution in [0.3, 0.4) is 0 Å². The van der Waals surface area contributed by atoms with Crippen molar-refractivity contribution in [1.29, 1.82) is 0 Å². The molecule has 1 aromatic carbocycles. The van der Waals surface area contributed by atoms with Crippen LogP contribution in [0.1, 0.15) is 61.4 Å². The van der Waals surface area contributed by atoms with Crippen LogP contribution in [0.4, 0.5) is 0 Å². The number of ether oxygens (including phenoxy) is 1. The predicted octanol–water partition coefficient (Wildman–Crippen LogP) is 3.67. The minimum atomic E-state index is -0.0958. The third kappa shape index (κ3) is 3.88. The van der Waals surface area contributed by atoms with Crippen LogP contribution in [-0.4, -0.2) is 37.8 Å². The Bertz CT molecular complexity index is 1030. The number of hydrogen-bond acceptors (Lipinski definition) is 5. The number of aryl methyl sites for hydroxylation is 1. The molecular formula is C23H27N5O2. The van der Waals surface area contributed by atoms with Crippen LogP contribution in [-0.2, 0) is 13.0 Å². The van der Waals surface area contributed by atoms with Gasteiger partial charge in [0.1, 0.15) is 11.6 Å². The van der Waals surface area contributed by atoms with Crippen molar-refractivity contribution in [2.45, 2.75) is 70.1 Å². The summed E-state index contributed by atoms with van der Waals surface area (Å²) >= 11 is 0. The van der Waals surface area contributed by atoms with Gasteiger partial charge in [0.15, 0.2) is 0 Å². The molecule has 1 saturated carbocycles. The van der Waals surface area contributed by atoms with E-state index in [4.69, 9.17) is 4.74 Å². The number of nitrogens with one attached hydrogen (secondary N) is 1. The standard InChI is InChI=1S/C23H27N5O2/c29-23(22-27-26-21-7-2-1-3-14-28(21)22)25-17-8-10-18(11-9-17)30-20-6-4-5-16-15-24-13-12-19(16)20/h4-6,12-13,15,17-18H,1-3,7-11,14H2,(H,25,29). The summed E-state index contributed by atoms with van der Waals surface area (Å²) in [5.74, 6) is 2.23. The monoisotopic (exact) mass is 405 g/mol. The SMILES string of the molecule is O=C(NC1CCC(Oc2cccc3cnccc23)CC1)c1nnc2n1CCCCC2. The minimum Gasteiger partial charge on any atom is -0.490 e. The Morgan fingerprint density at radius 3 is 2.87 bits per heavy atom. The van der Waals surface area contributed by atoms with E-state index < -0.39 is 0 Å². The first-order valence-electron chi connectivity index (χ1n) is 11.0. The van der Waals surface area contributed by atoms with Crippen molar-refractivity contribution < 1.29 is 9.53 Å². The van der Waals surface area contributed by atoms with E-state index in [9.17, 15) is 4.79 Å². The first-order valence-corrected chi connectivity index (χ1v) is 11.0. The number of carbonyl (C=O) groups excluding carboxylic acids is 1. The summed E-state index contributed by atoms with van der Waals surface area (Å²) in [6.45, 7) is 0.840. The zero-order valence-electron chi connectivity index (χ0n) is 17.1. The summed E-state index contributed by atoms with van der Waals surface area (Å²) in [5.41, 5.74) is 0. The molecule has 156 valence electrons. The maximum Gasteiger partial charge on any atom is 0.289 e. The first kappa shape index (κ1) is 19.0. The van der Waals surface area contributed by atoms with Gasteiger partial charge in [-0.2, -0.15) is 0 Å². The molecule has 1 aliphatic carbocycles. The van der Waals surface area contributed by atoms with E-state index in [1.54, 1.807) is 6.20 Å². The van der Waals surface area contributed by atoms with Gasteiger partial charge in [-0.25, -0.2) is 0 Å². The summed E-state index contributed by atoms with van der Waals surface area (Å²) in [4.78, 5) is 17.0. The van der Waals surface area contributed by atoms with Crippen molar-refractivity contribution in [1.82, 2.24) is 25.1 Å². The first-order chi connectivity index (χ1) is 14.8. The second-order valence-corrected chi connectivity index (χ2v) is 8.32. The smallest absolute Gasteiger partial charge is 0.289 e. The van der Waals surface area contributed by atoms with Crippen molar-refractivity contribution >= 4 is 16.7 Å². The van der Waals surface area contributed by atoms with E-state index in [1.807, 2.05) is 35.0 Å². The Kier molecular flexibility index (Phi) is 5.34. The van der Waals surface area contributed by atoms with Gasteiger partial charge in [0.25, 0.3) is 5.91 Å². The van der Waals surface area contributed by atoms with Gasteiger partial charge in [-0.1, -0.05) is 18.6 Å². The number of rotatable bonds is 4. The van der Waals surface area contributed by atoms with Crippen molar-refractivity contribution in [3.8, 4) is 5.75 Å². The van der Waals surface area contributed by atoms with Crippen LogP contribution < -0.4 is 10.1 Å². The van der Waals surface area contributed by atoms with Crippen LogP contribution in [0.2, 0.25) is 0 Å². The van der Waals surface area contributed by atoms with Crippen molar-refractivity contribution in [3.63, 3.8) is 0 Å². The second-order valence-electron chi connectivity index (χ2n) is 8.32. The van der Waals surface area contributed by atoms with Gasteiger partial charge in [0.2, 0.25) is 5.82 Å². The lowest BCUT2D eigenvalue weighted by Crippen LogP contribution is -2.40. The Labute approximate surface area is 175 Å². The Morgan fingerprint density at radius 1 is 1.07 bits per heavy atom. The fraction of sp³-hybridized carbons (Fsp3) is 0.478. The van der Waals surface area contributed by atoms with Crippen molar-refractivity contribution in [2.75, 3.05) is 0 Å². The van der Waals surface area contributed by atoms with Crippen LogP contribution in [0.15, 0.2) is 36.7 Å². The molecule has 1 aliphatic heterocycles. The number of fused-ring (bicyclic) bond motifs is 2. The molecule has 0 saturated heterocycles. The Balaban J connectivity index is 1.18. The molecule has 0 unspecified atom stereocenters. The van der Waals surface area contributed by atoms with Crippen molar-refractivity contribution in [3.05, 3.63) is 48.3 Å². The molecule has 5 rings (SSSR count). The quantitative estimate of drug-likeness (QED) is 0.716. The van der Waals surface area contributed by atoms with E-state index in [-0.39, 0.29) is 18.1 Å². The number of carbonyl (C=O) groups is 1. The number of amides is 1. The molecule has 1 amide bonds. The number of aromatic nitrogens is 4. The molecule has 1 fully saturated rings. The summed E-state index contributed by atoms with van der Waals surface area (Å²) in [5, 5.41) is 13.8. The average Bonchev–Trinajstić information content (AvgIpc) is 3.04. The van der Waals surface area contributed by atoms with Gasteiger partial charge >= 0.3 is 0 Å². The number of pyridine rings is 1. The fourth-order valence-electron chi connectivity index (χ4n) is 4.60. The lowest BCUT2D eigenvalue weighted by atomic mass is 9.93. The zero-order chi connectivity index (χ0) is 20.3. The van der Waals surface area contributed by atoms with Crippen LogP contribution >= 0.6 is 0 Å². The third-order valence-electron chi connectivity index (χ3n) is 6.26. The molecule has 30 heavy (non-hydrogen) atoms. The molecule has 7 heteroatoms. The minimum absolute atomic E-state index is 0.0958. The van der Waals surface area contributed by atoms with Gasteiger partial charge in [-0.3, -0.25) is 9.78 Å². The largest absolute Gasteiger partial charge is 0.490 e. The molecule has 1 N–H and O–H groups in total. The van der Waals surface area contributed by atoms with E-state index in [2.05, 4.69) is 20.5 Å². The number of benzene rings is 1. The average molecular weight is 406 g/mol. The summed E-state index contributed by atoms with van der Waals surface area (Å²) in [6.07, 6.45) is 11.8. The van der Waals surface area contributed by atoms with Gasteiger partial charge in [0.05, 0.1) is 6.10 Å². The normalized spacial score (nSPS) is 21.6. The Hall–Kier alpha value is -2.96. The fourth-order valence-corrected chi connectivity index (χ4v) is 4.60. The highest BCUT2D eigenvalue weighted by Gasteiger charge is 2.27. The molecule has 2 aromatic heterocycles. The van der Waals surface area contributed by atoms with Gasteiger partial charge in [0, 0.05) is 42.2 Å². The van der Waals surface area contributed by atoms with E-state index in [1.165, 1.54) is 6.42 Å². The van der Waals surface area contributed by atoms with Crippen LogP contribution in [0, 0.1) is 0 Å². The highest BCUT2D eigenvalue weighted by atomic mass is 16.5. The maximum atomic E-state index is 12.8. The highest BCUT2D eigenvalue weighted by molar-refractivity contribution is 5.91. The molecule has 3 heterocycles. The molecule has 0 bridgehead atoms. The molecule has 0 atom stereocenters. The Morgan fingerprint density at radius 2 is 1.97 bits per heavy atom. The summed E-state index contributed by atoms with van der Waals surface area (Å²) in [6, 6.07) is 8.23. The van der Waals surface area contributed by atoms with Crippen molar-refractivity contribution in [2.24, 2.45) is 0 Å². The lowest BCUT2D eigenvalue weighted by molar-refractivity contribution is 0.0880. The van der Waals surface area contributed by atoms with Gasteiger partial charge in [-0.05, 0) is 50.7 Å². The third-order valence-corrected chi connectivity index (χ3v) is 6.26. The molecular weight excluding hydrogens is 378 g/mol. The number of hydrogen-bond donors (Lipinski definition) is 1. The second kappa shape index (κ2) is 8.42.